The molecule has 0 spiro atoms. The number of hydrogen-bond acceptors (Lipinski definition) is 0. The molecule has 0 radical (unpaired) electrons. The zero-order chi connectivity index (χ0) is 13.8. The smallest absolute Gasteiger partial charge is 0.0530 e. The zero-order valence-corrected chi connectivity index (χ0v) is 16.1. The fraction of sp³-hybridized carbons (Fsp3) is 1.00. The standard InChI is InChI=1S/C18H33ClP.Ni/c19-20(16-10-4-1-5-11-16,17-12-6-2-7-13-17)18-14-8-3-9-15-18;/h16-18H,1-15H2;/q+1;. The number of rotatable bonds is 3. The molecule has 3 saturated carbocycles. The monoisotopic (exact) mass is 373 g/mol. The van der Waals surface area contributed by atoms with E-state index in [0.717, 1.165) is 17.0 Å². The summed E-state index contributed by atoms with van der Waals surface area (Å²) in [6.45, 7) is -1.22. The number of hydrogen-bond donors (Lipinski definition) is 0. The van der Waals surface area contributed by atoms with E-state index in [0.29, 0.717) is 0 Å². The van der Waals surface area contributed by atoms with Crippen LogP contribution in [0.3, 0.4) is 0 Å². The Morgan fingerprint density at radius 3 is 0.952 bits per heavy atom. The fourth-order valence-corrected chi connectivity index (χ4v) is 12.3. The SMILES string of the molecule is Cl[P+](C1CCCCC1)(C1CCCCC1)C1CCCCC1.[Ni]. The van der Waals surface area contributed by atoms with E-state index < -0.39 is 6.62 Å². The van der Waals surface area contributed by atoms with Crippen LogP contribution in [-0.4, -0.2) is 17.0 Å². The second-order valence-corrected chi connectivity index (χ2v) is 13.0. The average molecular weight is 375 g/mol. The van der Waals surface area contributed by atoms with Crippen molar-refractivity contribution in [3.63, 3.8) is 0 Å². The molecule has 126 valence electrons. The Morgan fingerprint density at radius 2 is 0.714 bits per heavy atom. The van der Waals surface area contributed by atoms with Gasteiger partial charge in [-0.25, -0.2) is 0 Å². The van der Waals surface area contributed by atoms with E-state index in [9.17, 15) is 0 Å². The van der Waals surface area contributed by atoms with Gasteiger partial charge in [0.25, 0.3) is 0 Å². The van der Waals surface area contributed by atoms with Crippen LogP contribution in [0.25, 0.3) is 0 Å². The summed E-state index contributed by atoms with van der Waals surface area (Å²) >= 11 is 7.69. The van der Waals surface area contributed by atoms with Gasteiger partial charge in [-0.05, 0) is 77.0 Å². The maximum Gasteiger partial charge on any atom is 0.122 e. The minimum Gasteiger partial charge on any atom is -0.0530 e. The van der Waals surface area contributed by atoms with Crippen molar-refractivity contribution >= 4 is 17.9 Å². The summed E-state index contributed by atoms with van der Waals surface area (Å²) in [5, 5.41) is 0. The van der Waals surface area contributed by atoms with Gasteiger partial charge in [-0.15, -0.1) is 0 Å². The maximum atomic E-state index is 7.69. The molecule has 3 heteroatoms. The minimum absolute atomic E-state index is 0. The molecule has 0 aromatic rings. The largest absolute Gasteiger partial charge is 0.122 e. The summed E-state index contributed by atoms with van der Waals surface area (Å²) in [5.41, 5.74) is 2.84. The number of halogens is 1. The quantitative estimate of drug-likeness (QED) is 0.363. The molecule has 0 bridgehead atoms. The summed E-state index contributed by atoms with van der Waals surface area (Å²) in [6.07, 6.45) is 22.1. The van der Waals surface area contributed by atoms with E-state index in [-0.39, 0.29) is 16.5 Å². The van der Waals surface area contributed by atoms with Gasteiger partial charge in [-0.2, -0.15) is 0 Å². The molecule has 0 aliphatic heterocycles. The van der Waals surface area contributed by atoms with E-state index in [1.54, 1.807) is 0 Å². The molecule has 0 unspecified atom stereocenters. The minimum atomic E-state index is -1.22. The molecule has 21 heavy (non-hydrogen) atoms. The van der Waals surface area contributed by atoms with Gasteiger partial charge in [-0.1, -0.05) is 19.3 Å². The van der Waals surface area contributed by atoms with Crippen LogP contribution in [0.1, 0.15) is 96.3 Å². The van der Waals surface area contributed by atoms with Gasteiger partial charge in [-0.3, -0.25) is 0 Å². The first-order valence-corrected chi connectivity index (χ1v) is 12.3. The molecule has 0 atom stereocenters. The van der Waals surface area contributed by atoms with Crippen molar-refractivity contribution in [2.45, 2.75) is 113 Å². The van der Waals surface area contributed by atoms with Crippen LogP contribution < -0.4 is 0 Å². The van der Waals surface area contributed by atoms with E-state index >= 15 is 0 Å². The first kappa shape index (κ1) is 18.6. The Labute approximate surface area is 147 Å². The Bertz CT molecular complexity index is 246. The van der Waals surface area contributed by atoms with Gasteiger partial charge >= 0.3 is 0 Å². The molecule has 3 aliphatic carbocycles. The second-order valence-electron chi connectivity index (χ2n) is 7.62. The summed E-state index contributed by atoms with van der Waals surface area (Å²) in [4.78, 5) is 0. The van der Waals surface area contributed by atoms with Crippen LogP contribution in [0.5, 0.6) is 0 Å². The van der Waals surface area contributed by atoms with Crippen LogP contribution in [0.4, 0.5) is 0 Å². The van der Waals surface area contributed by atoms with E-state index in [4.69, 9.17) is 11.2 Å². The molecule has 0 N–H and O–H groups in total. The Morgan fingerprint density at radius 1 is 0.476 bits per heavy atom. The van der Waals surface area contributed by atoms with Crippen LogP contribution in [0.2, 0.25) is 0 Å². The van der Waals surface area contributed by atoms with Gasteiger partial charge in [0.1, 0.15) is 6.62 Å². The molecule has 0 amide bonds. The van der Waals surface area contributed by atoms with Crippen molar-refractivity contribution in [2.75, 3.05) is 0 Å². The van der Waals surface area contributed by atoms with Crippen molar-refractivity contribution in [2.24, 2.45) is 0 Å². The Balaban J connectivity index is 0.00000161. The van der Waals surface area contributed by atoms with Crippen molar-refractivity contribution in [1.82, 2.24) is 0 Å². The van der Waals surface area contributed by atoms with Gasteiger partial charge < -0.3 is 0 Å². The molecule has 3 fully saturated rings. The third-order valence-corrected chi connectivity index (χ3v) is 13.8. The topological polar surface area (TPSA) is 0 Å². The molecule has 0 aromatic carbocycles. The third kappa shape index (κ3) is 4.19. The molecule has 0 aromatic heterocycles. The first-order chi connectivity index (χ1) is 9.82. The van der Waals surface area contributed by atoms with Crippen LogP contribution in [0.15, 0.2) is 0 Å². The normalized spacial score (nSPS) is 27.3. The van der Waals surface area contributed by atoms with Gasteiger partial charge in [0.15, 0.2) is 0 Å². The van der Waals surface area contributed by atoms with Gasteiger partial charge in [0.05, 0.1) is 28.2 Å². The van der Waals surface area contributed by atoms with E-state index in [2.05, 4.69) is 0 Å². The third-order valence-electron chi connectivity index (χ3n) is 6.40. The van der Waals surface area contributed by atoms with Crippen molar-refractivity contribution in [3.8, 4) is 0 Å². The summed E-state index contributed by atoms with van der Waals surface area (Å²) in [7, 11) is 0. The predicted molar refractivity (Wildman–Crippen MR) is 93.4 cm³/mol. The Hall–Kier alpha value is 1.21. The van der Waals surface area contributed by atoms with E-state index in [1.165, 1.54) is 96.3 Å². The molecule has 3 rings (SSSR count). The maximum absolute atomic E-state index is 7.69. The zero-order valence-electron chi connectivity index (χ0n) is 13.5. The second kappa shape index (κ2) is 8.90. The summed E-state index contributed by atoms with van der Waals surface area (Å²) in [6, 6.07) is 0. The fourth-order valence-electron chi connectivity index (χ4n) is 5.32. The molecule has 0 heterocycles. The first-order valence-electron chi connectivity index (χ1n) is 9.39. The van der Waals surface area contributed by atoms with Gasteiger partial charge in [0, 0.05) is 16.5 Å². The van der Waals surface area contributed by atoms with Crippen molar-refractivity contribution in [3.05, 3.63) is 0 Å². The molecule has 0 nitrogen and oxygen atoms in total. The predicted octanol–water partition coefficient (Wildman–Crippen LogP) is 7.15. The molecule has 3 aliphatic rings. The van der Waals surface area contributed by atoms with Crippen LogP contribution >= 0.6 is 17.9 Å². The van der Waals surface area contributed by atoms with E-state index in [1.807, 2.05) is 0 Å². The van der Waals surface area contributed by atoms with Gasteiger partial charge in [0.2, 0.25) is 0 Å². The molecular weight excluding hydrogens is 341 g/mol. The Kier molecular flexibility index (Phi) is 7.86. The van der Waals surface area contributed by atoms with Crippen molar-refractivity contribution in [1.29, 1.82) is 0 Å². The average Bonchev–Trinajstić information content (AvgIpc) is 2.56. The summed E-state index contributed by atoms with van der Waals surface area (Å²) < 4.78 is 0. The van der Waals surface area contributed by atoms with Crippen LogP contribution in [-0.2, 0) is 16.5 Å². The molecule has 0 saturated heterocycles. The van der Waals surface area contributed by atoms with Crippen LogP contribution in [0, 0.1) is 0 Å². The molecular formula is C18H33ClNiP+. The van der Waals surface area contributed by atoms with Crippen molar-refractivity contribution < 1.29 is 16.5 Å². The summed E-state index contributed by atoms with van der Waals surface area (Å²) in [5.74, 6) is 0.